The van der Waals surface area contributed by atoms with E-state index < -0.39 is 19.5 Å². The Morgan fingerprint density at radius 2 is 1.86 bits per heavy atom. The monoisotopic (exact) mass is 243 g/mol. The zero-order chi connectivity index (χ0) is 11.5. The Hall–Kier alpha value is -0.550. The lowest BCUT2D eigenvalue weighted by molar-refractivity contribution is -0.127. The van der Waals surface area contributed by atoms with Crippen molar-refractivity contribution in [3.63, 3.8) is 0 Å². The first-order chi connectivity index (χ1) is 6.15. The Balaban J connectivity index is 4.93. The van der Waals surface area contributed by atoms with Crippen molar-refractivity contribution in [2.75, 3.05) is 14.1 Å². The highest BCUT2D eigenvalue weighted by Gasteiger charge is 2.25. The van der Waals surface area contributed by atoms with E-state index in [0.717, 1.165) is 4.90 Å². The molecular formula is C6H11ClNO5P. The predicted octanol–water partition coefficient (Wildman–Crippen LogP) is 0.654. The molecule has 8 heteroatoms. The van der Waals surface area contributed by atoms with E-state index in [9.17, 15) is 9.36 Å². The molecule has 2 N–H and O–H groups in total. The molecule has 0 bridgehead atoms. The Bertz CT molecular complexity index is 303. The molecule has 0 saturated carbocycles. The summed E-state index contributed by atoms with van der Waals surface area (Å²) >= 11 is 5.45. The Morgan fingerprint density at radius 1 is 1.43 bits per heavy atom. The molecule has 0 spiro atoms. The van der Waals surface area contributed by atoms with E-state index in [1.54, 1.807) is 0 Å². The van der Waals surface area contributed by atoms with Gasteiger partial charge in [0.25, 0.3) is 5.91 Å². The van der Waals surface area contributed by atoms with Gasteiger partial charge in [-0.1, -0.05) is 11.6 Å². The minimum atomic E-state index is -4.76. The number of likely N-dealkylation sites (N-methyl/N-ethyl adjacent to an activating group) is 1. The zero-order valence-electron chi connectivity index (χ0n) is 7.89. The standard InChI is InChI=1S/C6H11ClNO5P/c1-4(7)5(6(9)8(2)3)13-14(10,11)12/h1-3H3,(H2,10,11,12). The van der Waals surface area contributed by atoms with Gasteiger partial charge >= 0.3 is 7.82 Å². The van der Waals surface area contributed by atoms with Crippen LogP contribution in [0.4, 0.5) is 0 Å². The second-order valence-electron chi connectivity index (χ2n) is 2.64. The van der Waals surface area contributed by atoms with Gasteiger partial charge in [0.2, 0.25) is 5.76 Å². The summed E-state index contributed by atoms with van der Waals surface area (Å²) in [6.45, 7) is 1.30. The molecule has 0 unspecified atom stereocenters. The van der Waals surface area contributed by atoms with Crippen LogP contribution in [0.2, 0.25) is 0 Å². The van der Waals surface area contributed by atoms with Crippen LogP contribution in [-0.4, -0.2) is 34.7 Å². The first kappa shape index (κ1) is 13.4. The molecule has 0 aliphatic carbocycles. The Labute approximate surface area is 86.4 Å². The SMILES string of the molecule is CC(Cl)=C(OP(=O)(O)O)C(=O)N(C)C. The van der Waals surface area contributed by atoms with E-state index in [2.05, 4.69) is 4.52 Å². The first-order valence-electron chi connectivity index (χ1n) is 3.48. The second kappa shape index (κ2) is 4.79. The number of phosphoric ester groups is 1. The molecule has 0 heterocycles. The molecule has 6 nitrogen and oxygen atoms in total. The summed E-state index contributed by atoms with van der Waals surface area (Å²) in [4.78, 5) is 29.4. The molecule has 0 saturated heterocycles. The van der Waals surface area contributed by atoms with Gasteiger partial charge in [-0.15, -0.1) is 0 Å². The number of allylic oxidation sites excluding steroid dienone is 1. The van der Waals surface area contributed by atoms with E-state index in [1.165, 1.54) is 21.0 Å². The molecular weight excluding hydrogens is 232 g/mol. The van der Waals surface area contributed by atoms with Crippen LogP contribution >= 0.6 is 19.4 Å². The van der Waals surface area contributed by atoms with Crippen LogP contribution in [0.1, 0.15) is 6.92 Å². The highest BCUT2D eigenvalue weighted by molar-refractivity contribution is 7.46. The van der Waals surface area contributed by atoms with Gasteiger partial charge in [-0.3, -0.25) is 14.6 Å². The average Bonchev–Trinajstić information content (AvgIpc) is 1.96. The zero-order valence-corrected chi connectivity index (χ0v) is 9.54. The highest BCUT2D eigenvalue weighted by atomic mass is 35.5. The smallest absolute Gasteiger partial charge is 0.397 e. The number of phosphoric acid groups is 1. The lowest BCUT2D eigenvalue weighted by Gasteiger charge is -2.15. The third-order valence-corrected chi connectivity index (χ3v) is 1.72. The number of carbonyl (C=O) groups is 1. The summed E-state index contributed by atoms with van der Waals surface area (Å²) in [5, 5.41) is -0.118. The number of rotatable bonds is 3. The van der Waals surface area contributed by atoms with E-state index in [-0.39, 0.29) is 5.03 Å². The van der Waals surface area contributed by atoms with E-state index >= 15 is 0 Å². The maximum absolute atomic E-state index is 11.3. The summed E-state index contributed by atoms with van der Waals surface area (Å²) < 4.78 is 14.6. The van der Waals surface area contributed by atoms with Crippen molar-refractivity contribution in [1.82, 2.24) is 4.90 Å². The van der Waals surface area contributed by atoms with Gasteiger partial charge < -0.3 is 9.42 Å². The molecule has 0 fully saturated rings. The van der Waals surface area contributed by atoms with Crippen molar-refractivity contribution >= 4 is 25.3 Å². The van der Waals surface area contributed by atoms with Crippen molar-refractivity contribution in [1.29, 1.82) is 0 Å². The fourth-order valence-electron chi connectivity index (χ4n) is 0.571. The maximum Gasteiger partial charge on any atom is 0.525 e. The van der Waals surface area contributed by atoms with Crippen LogP contribution in [-0.2, 0) is 13.9 Å². The number of nitrogens with zero attached hydrogens (tertiary/aromatic N) is 1. The minimum absolute atomic E-state index is 0.118. The molecule has 1 amide bonds. The van der Waals surface area contributed by atoms with Crippen molar-refractivity contribution < 1.29 is 23.7 Å². The normalized spacial score (nSPS) is 13.3. The predicted molar refractivity (Wildman–Crippen MR) is 50.4 cm³/mol. The Kier molecular flexibility index (Phi) is 4.61. The minimum Gasteiger partial charge on any atom is -0.397 e. The van der Waals surface area contributed by atoms with Crippen LogP contribution in [0, 0.1) is 0 Å². The van der Waals surface area contributed by atoms with E-state index in [4.69, 9.17) is 21.4 Å². The molecule has 0 aromatic carbocycles. The molecule has 0 aromatic heterocycles. The van der Waals surface area contributed by atoms with Crippen LogP contribution in [0.5, 0.6) is 0 Å². The molecule has 0 rings (SSSR count). The molecule has 0 radical (unpaired) electrons. The van der Waals surface area contributed by atoms with E-state index in [1.807, 2.05) is 0 Å². The summed E-state index contributed by atoms with van der Waals surface area (Å²) in [5.41, 5.74) is 0. The van der Waals surface area contributed by atoms with Crippen LogP contribution in [0.3, 0.4) is 0 Å². The van der Waals surface area contributed by atoms with Gasteiger partial charge in [0, 0.05) is 14.1 Å². The average molecular weight is 244 g/mol. The third-order valence-electron chi connectivity index (χ3n) is 1.12. The fourth-order valence-corrected chi connectivity index (χ4v) is 1.20. The molecule has 82 valence electrons. The summed E-state index contributed by atoms with van der Waals surface area (Å²) in [7, 11) is -1.94. The topological polar surface area (TPSA) is 87.1 Å². The number of amides is 1. The van der Waals surface area contributed by atoms with Gasteiger partial charge in [0.15, 0.2) is 0 Å². The van der Waals surface area contributed by atoms with Crippen LogP contribution in [0.25, 0.3) is 0 Å². The largest absolute Gasteiger partial charge is 0.525 e. The Morgan fingerprint density at radius 3 is 2.07 bits per heavy atom. The fraction of sp³-hybridized carbons (Fsp3) is 0.500. The second-order valence-corrected chi connectivity index (χ2v) is 4.37. The number of carbonyl (C=O) groups excluding carboxylic acids is 1. The van der Waals surface area contributed by atoms with Gasteiger partial charge in [0.1, 0.15) is 0 Å². The van der Waals surface area contributed by atoms with Gasteiger partial charge in [-0.05, 0) is 6.92 Å². The van der Waals surface area contributed by atoms with Crippen LogP contribution in [0.15, 0.2) is 10.8 Å². The number of hydrogen-bond donors (Lipinski definition) is 2. The molecule has 0 atom stereocenters. The lowest BCUT2D eigenvalue weighted by Crippen LogP contribution is -2.24. The summed E-state index contributed by atoms with van der Waals surface area (Å²) in [6, 6.07) is 0. The van der Waals surface area contributed by atoms with Gasteiger partial charge in [-0.2, -0.15) is 0 Å². The molecule has 0 aliphatic heterocycles. The van der Waals surface area contributed by atoms with Crippen LogP contribution < -0.4 is 0 Å². The molecule has 0 aromatic rings. The lowest BCUT2D eigenvalue weighted by atomic mass is 10.4. The van der Waals surface area contributed by atoms with Crippen molar-refractivity contribution in [2.45, 2.75) is 6.92 Å². The van der Waals surface area contributed by atoms with Gasteiger partial charge in [-0.25, -0.2) is 4.57 Å². The van der Waals surface area contributed by atoms with E-state index in [0.29, 0.717) is 0 Å². The first-order valence-corrected chi connectivity index (χ1v) is 5.39. The third kappa shape index (κ3) is 4.62. The maximum atomic E-state index is 11.3. The quantitative estimate of drug-likeness (QED) is 0.432. The number of halogens is 1. The van der Waals surface area contributed by atoms with Crippen molar-refractivity contribution in [3.8, 4) is 0 Å². The summed E-state index contributed by atoms with van der Waals surface area (Å²) in [5.74, 6) is -1.26. The molecule has 0 aliphatic rings. The van der Waals surface area contributed by atoms with Crippen molar-refractivity contribution in [3.05, 3.63) is 10.8 Å². The highest BCUT2D eigenvalue weighted by Crippen LogP contribution is 2.40. The summed E-state index contributed by atoms with van der Waals surface area (Å²) in [6.07, 6.45) is 0. The number of hydrogen-bond acceptors (Lipinski definition) is 3. The van der Waals surface area contributed by atoms with Crippen molar-refractivity contribution in [2.24, 2.45) is 0 Å². The molecule has 14 heavy (non-hydrogen) atoms. The van der Waals surface area contributed by atoms with Gasteiger partial charge in [0.05, 0.1) is 5.03 Å².